The van der Waals surface area contributed by atoms with Crippen LogP contribution in [0, 0.1) is 0 Å². The highest BCUT2D eigenvalue weighted by atomic mass is 32.2. The Morgan fingerprint density at radius 3 is 3.00 bits per heavy atom. The van der Waals surface area contributed by atoms with E-state index in [2.05, 4.69) is 17.6 Å². The Bertz CT molecular complexity index is 180. The summed E-state index contributed by atoms with van der Waals surface area (Å²) in [5.41, 5.74) is 5.35. The van der Waals surface area contributed by atoms with Gasteiger partial charge in [0.1, 0.15) is 0 Å². The first-order valence-electron chi connectivity index (χ1n) is 3.33. The molecule has 0 aromatic carbocycles. The standard InChI is InChI=1S/C8H11NS/c9-6-3-5-8-4-1-2-7-10-8/h1-2,4-5,7H,3,6,9H2. The lowest BCUT2D eigenvalue weighted by molar-refractivity contribution is 1.01. The van der Waals surface area contributed by atoms with Crippen LogP contribution in [0.3, 0.4) is 0 Å². The molecule has 0 saturated carbocycles. The molecule has 1 aliphatic heterocycles. The van der Waals surface area contributed by atoms with Gasteiger partial charge in [-0.3, -0.25) is 0 Å². The summed E-state index contributed by atoms with van der Waals surface area (Å²) in [5.74, 6) is 0. The van der Waals surface area contributed by atoms with Crippen LogP contribution < -0.4 is 5.73 Å². The predicted octanol–water partition coefficient (Wildman–Crippen LogP) is 2.04. The lowest BCUT2D eigenvalue weighted by Gasteiger charge is -1.99. The second kappa shape index (κ2) is 4.36. The number of thioether (sulfide) groups is 1. The van der Waals surface area contributed by atoms with Crippen LogP contribution in [0.1, 0.15) is 6.42 Å². The first kappa shape index (κ1) is 7.63. The fourth-order valence-electron chi connectivity index (χ4n) is 0.695. The van der Waals surface area contributed by atoms with Gasteiger partial charge in [0.15, 0.2) is 0 Å². The van der Waals surface area contributed by atoms with Gasteiger partial charge in [-0.05, 0) is 24.4 Å². The summed E-state index contributed by atoms with van der Waals surface area (Å²) in [6.07, 6.45) is 9.30. The van der Waals surface area contributed by atoms with E-state index in [1.807, 2.05) is 12.2 Å². The molecular weight excluding hydrogens is 142 g/mol. The molecule has 0 spiro atoms. The maximum atomic E-state index is 5.35. The molecule has 0 fully saturated rings. The molecule has 0 radical (unpaired) electrons. The SMILES string of the molecule is NCCC=C1C=CC=CS1. The van der Waals surface area contributed by atoms with Gasteiger partial charge in [0.05, 0.1) is 0 Å². The van der Waals surface area contributed by atoms with Crippen molar-refractivity contribution in [1.82, 2.24) is 0 Å². The minimum absolute atomic E-state index is 0.738. The van der Waals surface area contributed by atoms with E-state index in [9.17, 15) is 0 Å². The zero-order valence-electron chi connectivity index (χ0n) is 5.79. The first-order chi connectivity index (χ1) is 4.93. The largest absolute Gasteiger partial charge is 0.330 e. The van der Waals surface area contributed by atoms with E-state index in [1.165, 1.54) is 4.91 Å². The Hall–Kier alpha value is -0.470. The molecule has 1 heterocycles. The van der Waals surface area contributed by atoms with Crippen molar-refractivity contribution in [2.45, 2.75) is 6.42 Å². The van der Waals surface area contributed by atoms with E-state index in [0.29, 0.717) is 0 Å². The van der Waals surface area contributed by atoms with Crippen molar-refractivity contribution in [1.29, 1.82) is 0 Å². The van der Waals surface area contributed by atoms with Gasteiger partial charge < -0.3 is 5.73 Å². The number of hydrogen-bond donors (Lipinski definition) is 1. The number of allylic oxidation sites excluding steroid dienone is 3. The van der Waals surface area contributed by atoms with Gasteiger partial charge in [0, 0.05) is 4.91 Å². The molecule has 0 saturated heterocycles. The Labute approximate surface area is 65.7 Å². The molecule has 0 aliphatic carbocycles. The summed E-state index contributed by atoms with van der Waals surface area (Å²) < 4.78 is 0. The Balaban J connectivity index is 2.42. The molecule has 1 rings (SSSR count). The van der Waals surface area contributed by atoms with E-state index in [4.69, 9.17) is 5.73 Å². The van der Waals surface area contributed by atoms with E-state index in [-0.39, 0.29) is 0 Å². The third-order valence-corrected chi connectivity index (χ3v) is 2.03. The summed E-state index contributed by atoms with van der Waals surface area (Å²) in [6.45, 7) is 0.738. The second-order valence-corrected chi connectivity index (χ2v) is 2.97. The van der Waals surface area contributed by atoms with Gasteiger partial charge in [-0.2, -0.15) is 0 Å². The molecule has 10 heavy (non-hydrogen) atoms. The molecule has 0 aromatic rings. The summed E-state index contributed by atoms with van der Waals surface area (Å²) in [6, 6.07) is 0. The van der Waals surface area contributed by atoms with Crippen LogP contribution in [0.2, 0.25) is 0 Å². The maximum Gasteiger partial charge on any atom is 0.00764 e. The predicted molar refractivity (Wildman–Crippen MR) is 47.6 cm³/mol. The first-order valence-corrected chi connectivity index (χ1v) is 4.21. The van der Waals surface area contributed by atoms with Gasteiger partial charge in [0.2, 0.25) is 0 Å². The topological polar surface area (TPSA) is 26.0 Å². The molecule has 2 heteroatoms. The highest BCUT2D eigenvalue weighted by Gasteiger charge is 1.91. The van der Waals surface area contributed by atoms with Crippen molar-refractivity contribution in [3.63, 3.8) is 0 Å². The lowest BCUT2D eigenvalue weighted by Crippen LogP contribution is -1.95. The van der Waals surface area contributed by atoms with Gasteiger partial charge in [0.25, 0.3) is 0 Å². The Morgan fingerprint density at radius 2 is 2.40 bits per heavy atom. The maximum absolute atomic E-state index is 5.35. The third kappa shape index (κ3) is 2.42. The smallest absolute Gasteiger partial charge is 0.00764 e. The van der Waals surface area contributed by atoms with Crippen molar-refractivity contribution >= 4 is 11.8 Å². The van der Waals surface area contributed by atoms with Crippen LogP contribution >= 0.6 is 11.8 Å². The van der Waals surface area contributed by atoms with E-state index in [0.717, 1.165) is 13.0 Å². The molecule has 0 aromatic heterocycles. The summed E-state index contributed by atoms with van der Waals surface area (Å²) in [7, 11) is 0. The second-order valence-electron chi connectivity index (χ2n) is 1.99. The normalized spacial score (nSPS) is 20.3. The molecule has 0 atom stereocenters. The molecule has 0 bridgehead atoms. The zero-order valence-corrected chi connectivity index (χ0v) is 6.60. The summed E-state index contributed by atoms with van der Waals surface area (Å²) in [4.78, 5) is 1.30. The molecule has 1 aliphatic rings. The quantitative estimate of drug-likeness (QED) is 0.657. The van der Waals surface area contributed by atoms with E-state index >= 15 is 0 Å². The molecule has 54 valence electrons. The van der Waals surface area contributed by atoms with Crippen molar-refractivity contribution in [2.24, 2.45) is 5.73 Å². The summed E-state index contributed by atoms with van der Waals surface area (Å²) in [5, 5.41) is 2.07. The Morgan fingerprint density at radius 1 is 1.50 bits per heavy atom. The number of nitrogens with two attached hydrogens (primary N) is 1. The van der Waals surface area contributed by atoms with Crippen LogP contribution in [-0.4, -0.2) is 6.54 Å². The van der Waals surface area contributed by atoms with Crippen molar-refractivity contribution in [3.8, 4) is 0 Å². The fourth-order valence-corrected chi connectivity index (χ4v) is 1.39. The average molecular weight is 153 g/mol. The molecule has 1 nitrogen and oxygen atoms in total. The zero-order chi connectivity index (χ0) is 7.23. The van der Waals surface area contributed by atoms with E-state index in [1.54, 1.807) is 11.8 Å². The van der Waals surface area contributed by atoms with Crippen molar-refractivity contribution < 1.29 is 0 Å². The molecule has 0 unspecified atom stereocenters. The van der Waals surface area contributed by atoms with Crippen LogP contribution in [0.15, 0.2) is 34.6 Å². The fraction of sp³-hybridized carbons (Fsp3) is 0.250. The molecular formula is C8H11NS. The average Bonchev–Trinajstić information content (AvgIpc) is 2.03. The van der Waals surface area contributed by atoms with E-state index < -0.39 is 0 Å². The number of rotatable bonds is 2. The number of hydrogen-bond acceptors (Lipinski definition) is 2. The van der Waals surface area contributed by atoms with Gasteiger partial charge in [-0.1, -0.05) is 30.0 Å². The van der Waals surface area contributed by atoms with Crippen LogP contribution in [-0.2, 0) is 0 Å². The van der Waals surface area contributed by atoms with Crippen molar-refractivity contribution in [2.75, 3.05) is 6.54 Å². The third-order valence-electron chi connectivity index (χ3n) is 1.17. The van der Waals surface area contributed by atoms with Crippen LogP contribution in [0.4, 0.5) is 0 Å². The van der Waals surface area contributed by atoms with Crippen molar-refractivity contribution in [3.05, 3.63) is 34.6 Å². The van der Waals surface area contributed by atoms with Crippen LogP contribution in [0.5, 0.6) is 0 Å². The van der Waals surface area contributed by atoms with Gasteiger partial charge in [-0.25, -0.2) is 0 Å². The molecule has 0 amide bonds. The minimum Gasteiger partial charge on any atom is -0.330 e. The van der Waals surface area contributed by atoms with Gasteiger partial charge in [-0.15, -0.1) is 0 Å². The highest BCUT2D eigenvalue weighted by Crippen LogP contribution is 2.22. The highest BCUT2D eigenvalue weighted by molar-refractivity contribution is 8.06. The minimum atomic E-state index is 0.738. The summed E-state index contributed by atoms with van der Waals surface area (Å²) >= 11 is 1.74. The Kier molecular flexibility index (Phi) is 3.33. The van der Waals surface area contributed by atoms with Gasteiger partial charge >= 0.3 is 0 Å². The monoisotopic (exact) mass is 153 g/mol. The molecule has 2 N–H and O–H groups in total. The lowest BCUT2D eigenvalue weighted by atomic mass is 10.3. The van der Waals surface area contributed by atoms with Crippen LogP contribution in [0.25, 0.3) is 0 Å².